The summed E-state index contributed by atoms with van der Waals surface area (Å²) in [5.41, 5.74) is 2.22. The van der Waals surface area contributed by atoms with Gasteiger partial charge in [-0.25, -0.2) is 9.97 Å². The molecule has 0 bridgehead atoms. The van der Waals surface area contributed by atoms with Crippen molar-refractivity contribution >= 4 is 5.91 Å². The molecule has 0 aliphatic carbocycles. The van der Waals surface area contributed by atoms with E-state index in [0.29, 0.717) is 13.1 Å². The van der Waals surface area contributed by atoms with E-state index in [2.05, 4.69) is 14.9 Å². The van der Waals surface area contributed by atoms with E-state index in [0.717, 1.165) is 43.1 Å². The average molecular weight is 274 g/mol. The van der Waals surface area contributed by atoms with Crippen LogP contribution in [0.25, 0.3) is 0 Å². The number of piperidine rings is 1. The normalized spacial score (nSPS) is 19.8. The molecule has 1 aromatic heterocycles. The van der Waals surface area contributed by atoms with Crippen LogP contribution < -0.4 is 0 Å². The van der Waals surface area contributed by atoms with Crippen molar-refractivity contribution in [3.05, 3.63) is 23.3 Å². The first kappa shape index (κ1) is 13.5. The third-order valence-electron chi connectivity index (χ3n) is 4.21. The zero-order chi connectivity index (χ0) is 13.9. The van der Waals surface area contributed by atoms with Crippen LogP contribution in [-0.4, -0.2) is 51.9 Å². The summed E-state index contributed by atoms with van der Waals surface area (Å²) in [7, 11) is 0. The van der Waals surface area contributed by atoms with Crippen LogP contribution >= 0.6 is 0 Å². The van der Waals surface area contributed by atoms with E-state index >= 15 is 0 Å². The number of hydrogen-bond acceptors (Lipinski definition) is 4. The van der Waals surface area contributed by atoms with Gasteiger partial charge in [0.1, 0.15) is 5.82 Å². The van der Waals surface area contributed by atoms with Crippen molar-refractivity contribution in [3.63, 3.8) is 0 Å². The second kappa shape index (κ2) is 5.87. The molecule has 1 amide bonds. The lowest BCUT2D eigenvalue weighted by atomic mass is 10.1. The molecule has 5 heteroatoms. The van der Waals surface area contributed by atoms with E-state index in [1.807, 2.05) is 18.0 Å². The summed E-state index contributed by atoms with van der Waals surface area (Å²) in [4.78, 5) is 25.3. The van der Waals surface area contributed by atoms with Crippen LogP contribution in [0, 0.1) is 6.92 Å². The summed E-state index contributed by atoms with van der Waals surface area (Å²) in [5, 5.41) is 0. The lowest BCUT2D eigenvalue weighted by Crippen LogP contribution is -2.44. The highest BCUT2D eigenvalue weighted by Gasteiger charge is 2.23. The van der Waals surface area contributed by atoms with Crippen LogP contribution in [0.2, 0.25) is 0 Å². The van der Waals surface area contributed by atoms with Gasteiger partial charge >= 0.3 is 0 Å². The number of rotatable bonds is 2. The van der Waals surface area contributed by atoms with Crippen molar-refractivity contribution < 1.29 is 4.79 Å². The number of fused-ring (bicyclic) bond motifs is 1. The molecule has 0 aromatic carbocycles. The quantitative estimate of drug-likeness (QED) is 0.812. The van der Waals surface area contributed by atoms with Gasteiger partial charge in [-0.05, 0) is 32.9 Å². The van der Waals surface area contributed by atoms with Crippen LogP contribution in [0.4, 0.5) is 0 Å². The minimum Gasteiger partial charge on any atom is -0.337 e. The van der Waals surface area contributed by atoms with E-state index in [-0.39, 0.29) is 5.91 Å². The van der Waals surface area contributed by atoms with Gasteiger partial charge in [-0.2, -0.15) is 0 Å². The number of amides is 1. The van der Waals surface area contributed by atoms with Crippen molar-refractivity contribution in [2.45, 2.75) is 39.2 Å². The predicted molar refractivity (Wildman–Crippen MR) is 76.2 cm³/mol. The Morgan fingerprint density at radius 2 is 2.05 bits per heavy atom. The third kappa shape index (κ3) is 2.98. The Morgan fingerprint density at radius 3 is 2.85 bits per heavy atom. The summed E-state index contributed by atoms with van der Waals surface area (Å²) in [5.74, 6) is 1.06. The smallest absolute Gasteiger partial charge is 0.237 e. The molecule has 1 fully saturated rings. The van der Waals surface area contributed by atoms with Crippen LogP contribution in [0.5, 0.6) is 0 Å². The molecule has 2 aliphatic heterocycles. The minimum atomic E-state index is 0.248. The van der Waals surface area contributed by atoms with Crippen molar-refractivity contribution in [1.82, 2.24) is 19.8 Å². The number of hydrogen-bond donors (Lipinski definition) is 0. The lowest BCUT2D eigenvalue weighted by molar-refractivity contribution is -0.133. The molecule has 0 atom stereocenters. The van der Waals surface area contributed by atoms with Gasteiger partial charge in [0.2, 0.25) is 5.91 Å². The molecular weight excluding hydrogens is 252 g/mol. The Kier molecular flexibility index (Phi) is 3.96. The maximum Gasteiger partial charge on any atom is 0.237 e. The molecule has 1 aromatic rings. The molecule has 3 rings (SSSR count). The van der Waals surface area contributed by atoms with Crippen molar-refractivity contribution in [3.8, 4) is 0 Å². The predicted octanol–water partition coefficient (Wildman–Crippen LogP) is 1.16. The summed E-state index contributed by atoms with van der Waals surface area (Å²) < 4.78 is 0. The highest BCUT2D eigenvalue weighted by Crippen LogP contribution is 2.17. The first-order valence-corrected chi connectivity index (χ1v) is 7.54. The monoisotopic (exact) mass is 274 g/mol. The van der Waals surface area contributed by atoms with Crippen molar-refractivity contribution in [2.75, 3.05) is 26.2 Å². The average Bonchev–Trinajstić information content (AvgIpc) is 2.47. The molecule has 108 valence electrons. The SMILES string of the molecule is Cc1ncc2c(n1)CCN(C(=O)CN1CCCCC1)C2. The summed E-state index contributed by atoms with van der Waals surface area (Å²) in [6.07, 6.45) is 6.48. The molecule has 1 saturated heterocycles. The van der Waals surface area contributed by atoms with Crippen LogP contribution in [0.15, 0.2) is 6.20 Å². The van der Waals surface area contributed by atoms with E-state index in [4.69, 9.17) is 0 Å². The standard InChI is InChI=1S/C15H22N4O/c1-12-16-9-13-10-19(8-5-14(13)17-12)15(20)11-18-6-3-2-4-7-18/h9H,2-8,10-11H2,1H3. The molecule has 2 aliphatic rings. The maximum absolute atomic E-state index is 12.4. The fourth-order valence-electron chi connectivity index (χ4n) is 3.04. The first-order valence-electron chi connectivity index (χ1n) is 7.54. The lowest BCUT2D eigenvalue weighted by Gasteiger charge is -2.32. The number of likely N-dealkylation sites (tertiary alicyclic amines) is 1. The van der Waals surface area contributed by atoms with Gasteiger partial charge in [0, 0.05) is 31.3 Å². The number of carbonyl (C=O) groups is 1. The summed E-state index contributed by atoms with van der Waals surface area (Å²) in [6, 6.07) is 0. The Morgan fingerprint density at radius 1 is 1.25 bits per heavy atom. The number of aromatic nitrogens is 2. The number of carbonyl (C=O) groups excluding carboxylic acids is 1. The topological polar surface area (TPSA) is 49.3 Å². The molecule has 0 unspecified atom stereocenters. The highest BCUT2D eigenvalue weighted by molar-refractivity contribution is 5.78. The molecule has 0 spiro atoms. The van der Waals surface area contributed by atoms with Crippen molar-refractivity contribution in [1.29, 1.82) is 0 Å². The number of aryl methyl sites for hydroxylation is 1. The van der Waals surface area contributed by atoms with Gasteiger partial charge in [-0.15, -0.1) is 0 Å². The van der Waals surface area contributed by atoms with Gasteiger partial charge in [-0.1, -0.05) is 6.42 Å². The molecule has 5 nitrogen and oxygen atoms in total. The Bertz CT molecular complexity index is 497. The van der Waals surface area contributed by atoms with Gasteiger partial charge in [0.05, 0.1) is 12.2 Å². The van der Waals surface area contributed by atoms with Gasteiger partial charge in [-0.3, -0.25) is 9.69 Å². The molecule has 20 heavy (non-hydrogen) atoms. The summed E-state index contributed by atoms with van der Waals surface area (Å²) >= 11 is 0. The molecule has 3 heterocycles. The molecule has 0 saturated carbocycles. The van der Waals surface area contributed by atoms with E-state index in [1.54, 1.807) is 0 Å². The van der Waals surface area contributed by atoms with E-state index in [9.17, 15) is 4.79 Å². The fourth-order valence-corrected chi connectivity index (χ4v) is 3.04. The maximum atomic E-state index is 12.4. The van der Waals surface area contributed by atoms with Crippen LogP contribution in [0.1, 0.15) is 36.3 Å². The summed E-state index contributed by atoms with van der Waals surface area (Å²) in [6.45, 7) is 6.07. The Balaban J connectivity index is 1.61. The number of nitrogens with zero attached hydrogens (tertiary/aromatic N) is 4. The largest absolute Gasteiger partial charge is 0.337 e. The minimum absolute atomic E-state index is 0.248. The van der Waals surface area contributed by atoms with E-state index in [1.165, 1.54) is 19.3 Å². The zero-order valence-electron chi connectivity index (χ0n) is 12.1. The highest BCUT2D eigenvalue weighted by atomic mass is 16.2. The second-order valence-electron chi connectivity index (χ2n) is 5.79. The fraction of sp³-hybridized carbons (Fsp3) is 0.667. The van der Waals surface area contributed by atoms with Crippen LogP contribution in [0.3, 0.4) is 0 Å². The third-order valence-corrected chi connectivity index (χ3v) is 4.21. The molecule has 0 radical (unpaired) electrons. The van der Waals surface area contributed by atoms with Gasteiger partial charge < -0.3 is 4.90 Å². The van der Waals surface area contributed by atoms with Gasteiger partial charge in [0.25, 0.3) is 0 Å². The van der Waals surface area contributed by atoms with Gasteiger partial charge in [0.15, 0.2) is 0 Å². The zero-order valence-corrected chi connectivity index (χ0v) is 12.1. The Hall–Kier alpha value is -1.49. The second-order valence-corrected chi connectivity index (χ2v) is 5.79. The molecule has 0 N–H and O–H groups in total. The van der Waals surface area contributed by atoms with E-state index < -0.39 is 0 Å². The van der Waals surface area contributed by atoms with Crippen molar-refractivity contribution in [2.24, 2.45) is 0 Å². The Labute approximate surface area is 120 Å². The first-order chi connectivity index (χ1) is 9.72. The molecular formula is C15H22N4O. The van der Waals surface area contributed by atoms with Crippen LogP contribution in [-0.2, 0) is 17.8 Å².